The molecule has 6 nitrogen and oxygen atoms in total. The number of ether oxygens (including phenoxy) is 1. The van der Waals surface area contributed by atoms with Crippen molar-refractivity contribution in [3.63, 3.8) is 0 Å². The molecule has 2 aliphatic rings. The Balaban J connectivity index is 1.54. The number of carbonyl (C=O) groups is 1. The van der Waals surface area contributed by atoms with E-state index in [4.69, 9.17) is 4.74 Å². The van der Waals surface area contributed by atoms with Crippen LogP contribution in [0.1, 0.15) is 24.8 Å². The van der Waals surface area contributed by atoms with Crippen LogP contribution < -0.4 is 0 Å². The van der Waals surface area contributed by atoms with Crippen molar-refractivity contribution in [2.45, 2.75) is 31.3 Å². The number of phenols is 1. The minimum absolute atomic E-state index is 0.0567. The van der Waals surface area contributed by atoms with Gasteiger partial charge in [-0.3, -0.25) is 9.69 Å². The van der Waals surface area contributed by atoms with Crippen LogP contribution in [0, 0.1) is 0 Å². The lowest BCUT2D eigenvalue weighted by atomic mass is 9.94. The van der Waals surface area contributed by atoms with E-state index in [1.165, 1.54) is 0 Å². The lowest BCUT2D eigenvalue weighted by Crippen LogP contribution is -2.48. The number of hydrogen-bond acceptors (Lipinski definition) is 5. The molecule has 1 amide bonds. The smallest absolute Gasteiger partial charge is 0.226 e. The number of nitrogens with zero attached hydrogens (tertiary/aromatic N) is 2. The molecule has 138 valence electrons. The van der Waals surface area contributed by atoms with Gasteiger partial charge < -0.3 is 19.8 Å². The van der Waals surface area contributed by atoms with E-state index in [9.17, 15) is 15.0 Å². The van der Waals surface area contributed by atoms with Crippen LogP contribution in [0.2, 0.25) is 0 Å². The summed E-state index contributed by atoms with van der Waals surface area (Å²) in [5, 5.41) is 20.5. The maximum Gasteiger partial charge on any atom is 0.226 e. The fourth-order valence-electron chi connectivity index (χ4n) is 3.71. The van der Waals surface area contributed by atoms with Crippen LogP contribution in [-0.4, -0.2) is 77.5 Å². The lowest BCUT2D eigenvalue weighted by Gasteiger charge is -2.35. The minimum atomic E-state index is -0.725. The summed E-state index contributed by atoms with van der Waals surface area (Å²) in [6.07, 6.45) is 2.43. The molecule has 0 saturated carbocycles. The van der Waals surface area contributed by atoms with Gasteiger partial charge in [0.05, 0.1) is 25.2 Å². The molecular formula is C19H28N2O4. The maximum atomic E-state index is 12.6. The quantitative estimate of drug-likeness (QED) is 0.850. The molecule has 3 rings (SSSR count). The van der Waals surface area contributed by atoms with Crippen molar-refractivity contribution >= 4 is 5.91 Å². The summed E-state index contributed by atoms with van der Waals surface area (Å²) in [5.41, 5.74) is 0.0926. The second-order valence-corrected chi connectivity index (χ2v) is 7.19. The molecule has 2 aliphatic heterocycles. The highest BCUT2D eigenvalue weighted by atomic mass is 16.5. The zero-order valence-corrected chi connectivity index (χ0v) is 14.7. The number of morpholine rings is 1. The number of benzene rings is 1. The predicted molar refractivity (Wildman–Crippen MR) is 94.5 cm³/mol. The Kier molecular flexibility index (Phi) is 5.93. The third-order valence-corrected chi connectivity index (χ3v) is 5.16. The molecule has 1 unspecified atom stereocenters. The van der Waals surface area contributed by atoms with Crippen LogP contribution in [0.5, 0.6) is 5.75 Å². The highest BCUT2D eigenvalue weighted by molar-refractivity contribution is 5.78. The van der Waals surface area contributed by atoms with E-state index in [0.717, 1.165) is 44.7 Å². The Morgan fingerprint density at radius 3 is 2.72 bits per heavy atom. The maximum absolute atomic E-state index is 12.6. The number of aliphatic hydroxyl groups is 1. The Bertz CT molecular complexity index is 589. The van der Waals surface area contributed by atoms with Gasteiger partial charge in [-0.1, -0.05) is 12.1 Å². The Labute approximate surface area is 149 Å². The fraction of sp³-hybridized carbons (Fsp3) is 0.632. The van der Waals surface area contributed by atoms with E-state index in [1.54, 1.807) is 18.2 Å². The van der Waals surface area contributed by atoms with Crippen LogP contribution in [-0.2, 0) is 16.0 Å². The van der Waals surface area contributed by atoms with E-state index >= 15 is 0 Å². The van der Waals surface area contributed by atoms with Gasteiger partial charge in [-0.2, -0.15) is 0 Å². The lowest BCUT2D eigenvalue weighted by molar-refractivity contribution is -0.130. The van der Waals surface area contributed by atoms with Crippen LogP contribution >= 0.6 is 0 Å². The van der Waals surface area contributed by atoms with Crippen molar-refractivity contribution in [2.75, 3.05) is 45.9 Å². The molecule has 1 aromatic carbocycles. The number of β-amino-alcohol motifs (C(OH)–C–C–N with tert-alkyl or cyclic N) is 1. The van der Waals surface area contributed by atoms with Crippen molar-refractivity contribution in [3.8, 4) is 5.75 Å². The zero-order chi connectivity index (χ0) is 17.7. The summed E-state index contributed by atoms with van der Waals surface area (Å²) >= 11 is 0. The van der Waals surface area contributed by atoms with Crippen molar-refractivity contribution < 1.29 is 19.7 Å². The van der Waals surface area contributed by atoms with Gasteiger partial charge in [0.1, 0.15) is 5.75 Å². The van der Waals surface area contributed by atoms with Gasteiger partial charge in [-0.05, 0) is 37.0 Å². The van der Waals surface area contributed by atoms with Gasteiger partial charge in [-0.25, -0.2) is 0 Å². The first kappa shape index (κ1) is 18.2. The van der Waals surface area contributed by atoms with Crippen molar-refractivity contribution in [2.24, 2.45) is 0 Å². The normalized spacial score (nSPS) is 25.6. The summed E-state index contributed by atoms with van der Waals surface area (Å²) < 4.78 is 5.37. The second kappa shape index (κ2) is 8.17. The molecule has 25 heavy (non-hydrogen) atoms. The molecule has 0 aliphatic carbocycles. The molecule has 1 aromatic rings. The first-order chi connectivity index (χ1) is 12.0. The number of hydrogen-bond donors (Lipinski definition) is 2. The average Bonchev–Trinajstić information content (AvgIpc) is 2.78. The molecule has 2 fully saturated rings. The van der Waals surface area contributed by atoms with Crippen LogP contribution in [0.4, 0.5) is 0 Å². The number of aromatic hydroxyl groups is 1. The third kappa shape index (κ3) is 5.17. The van der Waals surface area contributed by atoms with E-state index in [1.807, 2.05) is 11.0 Å². The summed E-state index contributed by atoms with van der Waals surface area (Å²) in [5.74, 6) is 0.238. The van der Waals surface area contributed by atoms with Crippen molar-refractivity contribution in [1.29, 1.82) is 0 Å². The first-order valence-corrected chi connectivity index (χ1v) is 9.12. The number of likely N-dealkylation sites (tertiary alicyclic amines) is 1. The van der Waals surface area contributed by atoms with E-state index < -0.39 is 5.60 Å². The predicted octanol–water partition coefficient (Wildman–Crippen LogP) is 1.01. The molecule has 0 aromatic heterocycles. The van der Waals surface area contributed by atoms with Gasteiger partial charge in [0.2, 0.25) is 5.91 Å². The van der Waals surface area contributed by atoms with Crippen molar-refractivity contribution in [1.82, 2.24) is 9.80 Å². The average molecular weight is 348 g/mol. The van der Waals surface area contributed by atoms with Gasteiger partial charge in [-0.15, -0.1) is 0 Å². The SMILES string of the molecule is O=C(Cc1cccc(O)c1)N1CCCC(O)(CN2CCOCC2)CC1. The first-order valence-electron chi connectivity index (χ1n) is 9.12. The van der Waals surface area contributed by atoms with Crippen LogP contribution in [0.3, 0.4) is 0 Å². The molecule has 0 spiro atoms. The van der Waals surface area contributed by atoms with Gasteiger partial charge in [0, 0.05) is 32.7 Å². The molecule has 0 bridgehead atoms. The molecule has 2 saturated heterocycles. The van der Waals surface area contributed by atoms with Crippen LogP contribution in [0.15, 0.2) is 24.3 Å². The highest BCUT2D eigenvalue weighted by Crippen LogP contribution is 2.24. The summed E-state index contributed by atoms with van der Waals surface area (Å²) in [7, 11) is 0. The van der Waals surface area contributed by atoms with Gasteiger partial charge >= 0.3 is 0 Å². The molecule has 2 N–H and O–H groups in total. The topological polar surface area (TPSA) is 73.2 Å². The Morgan fingerprint density at radius 2 is 1.96 bits per heavy atom. The summed E-state index contributed by atoms with van der Waals surface area (Å²) in [6, 6.07) is 6.84. The van der Waals surface area contributed by atoms with Crippen LogP contribution in [0.25, 0.3) is 0 Å². The monoisotopic (exact) mass is 348 g/mol. The third-order valence-electron chi connectivity index (χ3n) is 5.16. The zero-order valence-electron chi connectivity index (χ0n) is 14.7. The summed E-state index contributed by atoms with van der Waals surface area (Å²) in [6.45, 7) is 5.10. The van der Waals surface area contributed by atoms with Crippen molar-refractivity contribution in [3.05, 3.63) is 29.8 Å². The fourth-order valence-corrected chi connectivity index (χ4v) is 3.71. The van der Waals surface area contributed by atoms with E-state index in [-0.39, 0.29) is 18.1 Å². The number of rotatable bonds is 4. The van der Waals surface area contributed by atoms with Gasteiger partial charge in [0.25, 0.3) is 0 Å². The van der Waals surface area contributed by atoms with Gasteiger partial charge in [0.15, 0.2) is 0 Å². The minimum Gasteiger partial charge on any atom is -0.508 e. The number of carbonyl (C=O) groups excluding carboxylic acids is 1. The standard InChI is InChI=1S/C19H28N2O4/c22-17-4-1-3-16(13-17)14-18(23)21-7-2-5-19(24,6-8-21)15-20-9-11-25-12-10-20/h1,3-4,13,22,24H,2,5-12,14-15H2. The molecule has 0 radical (unpaired) electrons. The number of amides is 1. The largest absolute Gasteiger partial charge is 0.508 e. The van der Waals surface area contributed by atoms with E-state index in [0.29, 0.717) is 26.1 Å². The summed E-state index contributed by atoms with van der Waals surface area (Å²) in [4.78, 5) is 16.7. The highest BCUT2D eigenvalue weighted by Gasteiger charge is 2.33. The van der Waals surface area contributed by atoms with E-state index in [2.05, 4.69) is 4.90 Å². The molecule has 2 heterocycles. The Morgan fingerprint density at radius 1 is 1.16 bits per heavy atom. The molecule has 1 atom stereocenters. The second-order valence-electron chi connectivity index (χ2n) is 7.19. The molecular weight excluding hydrogens is 320 g/mol. The Hall–Kier alpha value is -1.63. The molecule has 6 heteroatoms. The number of phenolic OH excluding ortho intramolecular Hbond substituents is 1.